The third kappa shape index (κ3) is 6.52. The number of hydrogen-bond acceptors (Lipinski definition) is 5. The number of benzene rings is 5. The molecular formula is C48H41N2O2PtS-. The quantitative estimate of drug-likeness (QED) is 0.175. The second kappa shape index (κ2) is 13.5. The maximum absolute atomic E-state index is 12.4. The number of furan rings is 1. The van der Waals surface area contributed by atoms with E-state index in [4.69, 9.17) is 14.4 Å². The first kappa shape index (κ1) is 36.2. The first-order valence-electron chi connectivity index (χ1n) is 18.3. The van der Waals surface area contributed by atoms with Crippen molar-refractivity contribution < 1.29 is 30.6 Å². The number of nitrogens with zero attached hydrogens (tertiary/aromatic N) is 2. The Morgan fingerprint density at radius 1 is 0.648 bits per heavy atom. The molecule has 0 aliphatic heterocycles. The van der Waals surface area contributed by atoms with Gasteiger partial charge in [0, 0.05) is 52.7 Å². The molecule has 272 valence electrons. The summed E-state index contributed by atoms with van der Waals surface area (Å²) < 4.78 is 9.08. The van der Waals surface area contributed by atoms with E-state index in [1.807, 2.05) is 60.7 Å². The zero-order valence-electron chi connectivity index (χ0n) is 31.3. The molecule has 0 spiro atoms. The first-order valence-corrected chi connectivity index (χ1v) is 19.1. The van der Waals surface area contributed by atoms with Gasteiger partial charge in [0.2, 0.25) is 0 Å². The van der Waals surface area contributed by atoms with Crippen molar-refractivity contribution in [2.45, 2.75) is 54.4 Å². The van der Waals surface area contributed by atoms with Crippen LogP contribution < -0.4 is 0 Å². The predicted octanol–water partition coefficient (Wildman–Crippen LogP) is 13.6. The second-order valence-corrected chi connectivity index (χ2v) is 17.8. The molecule has 9 rings (SSSR count). The van der Waals surface area contributed by atoms with E-state index in [2.05, 4.69) is 96.1 Å². The fraction of sp³-hybridized carbons (Fsp3) is 0.208. The summed E-state index contributed by atoms with van der Waals surface area (Å²) in [7, 11) is 0. The topological polar surface area (TPSA) is 59.2 Å². The van der Waals surface area contributed by atoms with Gasteiger partial charge in [-0.1, -0.05) is 102 Å². The van der Waals surface area contributed by atoms with Gasteiger partial charge in [0.25, 0.3) is 0 Å². The number of hydrogen-bond donors (Lipinski definition) is 1. The van der Waals surface area contributed by atoms with Crippen molar-refractivity contribution in [3.8, 4) is 39.7 Å². The Balaban J connectivity index is 0.00000413. The molecule has 0 aliphatic rings. The van der Waals surface area contributed by atoms with Gasteiger partial charge in [0.1, 0.15) is 16.9 Å². The summed E-state index contributed by atoms with van der Waals surface area (Å²) in [5.74, 6) is 0.166. The minimum atomic E-state index is 0. The van der Waals surface area contributed by atoms with Crippen molar-refractivity contribution in [1.29, 1.82) is 0 Å². The van der Waals surface area contributed by atoms with E-state index < -0.39 is 0 Å². The fourth-order valence-electron chi connectivity index (χ4n) is 7.80. The van der Waals surface area contributed by atoms with Gasteiger partial charge in [0.15, 0.2) is 0 Å². The maximum Gasteiger partial charge on any atom is 0.149 e. The Bertz CT molecular complexity index is 2870. The molecule has 54 heavy (non-hydrogen) atoms. The van der Waals surface area contributed by atoms with Gasteiger partial charge in [-0.25, -0.2) is 4.98 Å². The van der Waals surface area contributed by atoms with Gasteiger partial charge in [-0.3, -0.25) is 4.98 Å². The Kier molecular flexibility index (Phi) is 9.03. The van der Waals surface area contributed by atoms with Crippen molar-refractivity contribution in [2.75, 3.05) is 0 Å². The first-order chi connectivity index (χ1) is 25.4. The third-order valence-electron chi connectivity index (χ3n) is 9.89. The molecule has 1 N–H and O–H groups in total. The summed E-state index contributed by atoms with van der Waals surface area (Å²) in [6.45, 7) is 13.6. The van der Waals surface area contributed by atoms with Crippen LogP contribution in [0.3, 0.4) is 0 Å². The van der Waals surface area contributed by atoms with Crippen molar-refractivity contribution in [1.82, 2.24) is 9.97 Å². The van der Waals surface area contributed by atoms with E-state index in [1.165, 1.54) is 15.8 Å². The summed E-state index contributed by atoms with van der Waals surface area (Å²) in [6.07, 6.45) is 1.90. The fourth-order valence-corrected chi connectivity index (χ4v) is 9.04. The molecule has 0 bridgehead atoms. The maximum atomic E-state index is 12.4. The number of pyridine rings is 2. The van der Waals surface area contributed by atoms with Gasteiger partial charge in [0.05, 0.1) is 27.3 Å². The number of thiophene rings is 1. The van der Waals surface area contributed by atoms with Crippen LogP contribution in [0.5, 0.6) is 5.75 Å². The summed E-state index contributed by atoms with van der Waals surface area (Å²) in [5, 5.41) is 18.4. The molecule has 5 aromatic carbocycles. The standard InChI is InChI=1S/C48H41N2O2S.Pt/c1-47(2,3)26-28-20-22-34-39(23-28)52-45-41(34)32-15-10-11-16-33(32)44(51)42(45)43-46-35(31-21-19-29(24-40(31)53-46)27-48(4,5)6)25-38(50-43)37-18-12-17-36(49-37)30-13-8-7-9-14-30;/h7-13,15-25,51H,26-27H2,1-6H3;/q-1;. The molecule has 0 fully saturated rings. The third-order valence-corrected chi connectivity index (χ3v) is 11.1. The van der Waals surface area contributed by atoms with Crippen LogP contribution in [0.25, 0.3) is 86.8 Å². The molecule has 0 unspecified atom stereocenters. The predicted molar refractivity (Wildman–Crippen MR) is 223 cm³/mol. The van der Waals surface area contributed by atoms with Crippen LogP contribution in [0.15, 0.2) is 114 Å². The summed E-state index contributed by atoms with van der Waals surface area (Å²) in [5.41, 5.74) is 8.79. The summed E-state index contributed by atoms with van der Waals surface area (Å²) in [4.78, 5) is 10.5. The van der Waals surface area contributed by atoms with Gasteiger partial charge < -0.3 is 9.52 Å². The summed E-state index contributed by atoms with van der Waals surface area (Å²) in [6, 6.07) is 40.9. The number of aromatic nitrogens is 2. The van der Waals surface area contributed by atoms with Crippen molar-refractivity contribution in [3.05, 3.63) is 126 Å². The van der Waals surface area contributed by atoms with Gasteiger partial charge in [-0.15, -0.1) is 47.2 Å². The Morgan fingerprint density at radius 3 is 2.06 bits per heavy atom. The monoisotopic (exact) mass is 904 g/mol. The average Bonchev–Trinajstić information content (AvgIpc) is 3.68. The molecular weight excluding hydrogens is 864 g/mol. The molecule has 0 radical (unpaired) electrons. The van der Waals surface area contributed by atoms with Crippen molar-refractivity contribution >= 4 is 64.2 Å². The molecule has 0 saturated carbocycles. The number of fused-ring (bicyclic) bond motifs is 8. The molecule has 0 saturated heterocycles. The zero-order valence-corrected chi connectivity index (χ0v) is 34.4. The van der Waals surface area contributed by atoms with Crippen LogP contribution in [0.1, 0.15) is 52.7 Å². The number of phenolic OH excluding ortho intramolecular Hbond substituents is 1. The largest absolute Gasteiger partial charge is 0.506 e. The van der Waals surface area contributed by atoms with E-state index >= 15 is 0 Å². The van der Waals surface area contributed by atoms with Gasteiger partial charge in [-0.05, 0) is 70.1 Å². The Morgan fingerprint density at radius 2 is 1.33 bits per heavy atom. The van der Waals surface area contributed by atoms with Crippen LogP contribution in [-0.4, -0.2) is 15.1 Å². The SMILES string of the molecule is CC(C)(C)Cc1ccc2c(c1)oc1c(-c3nc(-c4cccc(-c5[c-]cccc5)n4)cc4c3sc3cc(CC(C)(C)C)ccc34)c(O)c3ccccc3c12.[Pt]. The normalized spacial score (nSPS) is 12.3. The van der Waals surface area contributed by atoms with E-state index in [0.29, 0.717) is 16.8 Å². The zero-order chi connectivity index (χ0) is 36.6. The van der Waals surface area contributed by atoms with E-state index in [9.17, 15) is 5.11 Å². The molecule has 0 amide bonds. The van der Waals surface area contributed by atoms with Gasteiger partial charge >= 0.3 is 0 Å². The van der Waals surface area contributed by atoms with E-state index in [1.54, 1.807) is 11.3 Å². The van der Waals surface area contributed by atoms with Crippen LogP contribution in [0.4, 0.5) is 0 Å². The van der Waals surface area contributed by atoms with Crippen molar-refractivity contribution in [2.24, 2.45) is 10.8 Å². The number of rotatable bonds is 5. The molecule has 6 heteroatoms. The van der Waals surface area contributed by atoms with Crippen LogP contribution >= 0.6 is 11.3 Å². The molecule has 4 heterocycles. The Hall–Kier alpha value is -4.83. The average molecular weight is 905 g/mol. The molecule has 9 aromatic rings. The number of aromatic hydroxyl groups is 1. The van der Waals surface area contributed by atoms with Crippen LogP contribution in [-0.2, 0) is 33.9 Å². The second-order valence-electron chi connectivity index (χ2n) is 16.7. The number of phenols is 1. The van der Waals surface area contributed by atoms with Crippen molar-refractivity contribution in [3.63, 3.8) is 0 Å². The molecule has 0 atom stereocenters. The van der Waals surface area contributed by atoms with E-state index in [0.717, 1.165) is 78.1 Å². The summed E-state index contributed by atoms with van der Waals surface area (Å²) >= 11 is 1.72. The minimum Gasteiger partial charge on any atom is -0.506 e. The molecule has 0 aliphatic carbocycles. The smallest absolute Gasteiger partial charge is 0.149 e. The van der Waals surface area contributed by atoms with Crippen LogP contribution in [0.2, 0.25) is 0 Å². The van der Waals surface area contributed by atoms with Crippen LogP contribution in [0, 0.1) is 16.9 Å². The molecule has 4 aromatic heterocycles. The molecule has 4 nitrogen and oxygen atoms in total. The Labute approximate surface area is 334 Å². The van der Waals surface area contributed by atoms with E-state index in [-0.39, 0.29) is 37.6 Å². The minimum absolute atomic E-state index is 0. The van der Waals surface area contributed by atoms with Gasteiger partial charge in [-0.2, -0.15) is 0 Å².